The molecular weight excluding hydrogens is 257 g/mol. The second kappa shape index (κ2) is 5.50. The number of carbonyl (C=O) groups is 1. The molecule has 1 amide bonds. The Labute approximate surface area is 118 Å². The topological polar surface area (TPSA) is 72.3 Å². The fraction of sp³-hybridized carbons (Fsp3) is 0.533. The summed E-state index contributed by atoms with van der Waals surface area (Å²) in [6, 6.07) is 6.18. The zero-order chi connectivity index (χ0) is 14.9. The van der Waals surface area contributed by atoms with Crippen LogP contribution in [0.25, 0.3) is 0 Å². The molecule has 3 unspecified atom stereocenters. The highest BCUT2D eigenvalue weighted by Gasteiger charge is 2.42. The summed E-state index contributed by atoms with van der Waals surface area (Å²) in [6.07, 6.45) is 0.681. The van der Waals surface area contributed by atoms with Gasteiger partial charge in [0.25, 0.3) is 0 Å². The molecule has 1 aromatic rings. The van der Waals surface area contributed by atoms with Crippen molar-refractivity contribution in [1.29, 1.82) is 0 Å². The predicted octanol–water partition coefficient (Wildman–Crippen LogP) is 1.41. The summed E-state index contributed by atoms with van der Waals surface area (Å²) < 4.78 is 14.0. The molecule has 4 N–H and O–H groups in total. The van der Waals surface area contributed by atoms with Gasteiger partial charge in [0.1, 0.15) is 5.82 Å². The quantitative estimate of drug-likeness (QED) is 0.875. The number of amides is 1. The van der Waals surface area contributed by atoms with Crippen molar-refractivity contribution >= 4 is 5.91 Å². The molecule has 5 heteroatoms. The highest BCUT2D eigenvalue weighted by Crippen LogP contribution is 2.36. The second-order valence-corrected chi connectivity index (χ2v) is 5.97. The van der Waals surface area contributed by atoms with Gasteiger partial charge in [-0.1, -0.05) is 18.2 Å². The zero-order valence-corrected chi connectivity index (χ0v) is 12.0. The first-order valence-electron chi connectivity index (χ1n) is 6.89. The highest BCUT2D eigenvalue weighted by molar-refractivity contribution is 5.81. The van der Waals surface area contributed by atoms with Crippen molar-refractivity contribution in [3.63, 3.8) is 0 Å². The molecule has 2 rings (SSSR count). The number of hydrogen-bond donors (Lipinski definition) is 2. The molecule has 1 aliphatic rings. The van der Waals surface area contributed by atoms with Crippen LogP contribution < -0.4 is 11.5 Å². The molecule has 0 radical (unpaired) electrons. The first kappa shape index (κ1) is 14.9. The Morgan fingerprint density at radius 1 is 1.45 bits per heavy atom. The van der Waals surface area contributed by atoms with Gasteiger partial charge in [-0.05, 0) is 32.9 Å². The van der Waals surface area contributed by atoms with E-state index in [9.17, 15) is 9.18 Å². The Hall–Kier alpha value is -1.46. The Morgan fingerprint density at radius 2 is 2.10 bits per heavy atom. The standard InChI is InChI=1S/C15H22FN3O/c1-10(17)13(11-5-3-4-6-12(11)16)19-8-7-15(2,9-19)14(18)20/h3-6,10,13H,7-9,17H2,1-2H3,(H2,18,20). The van der Waals surface area contributed by atoms with Crippen LogP contribution in [0.2, 0.25) is 0 Å². The summed E-state index contributed by atoms with van der Waals surface area (Å²) in [5.74, 6) is -0.570. The van der Waals surface area contributed by atoms with Gasteiger partial charge in [0, 0.05) is 18.2 Å². The fourth-order valence-electron chi connectivity index (χ4n) is 2.96. The van der Waals surface area contributed by atoms with Crippen molar-refractivity contribution < 1.29 is 9.18 Å². The third-order valence-electron chi connectivity index (χ3n) is 4.21. The molecule has 0 aliphatic carbocycles. The zero-order valence-electron chi connectivity index (χ0n) is 12.0. The SMILES string of the molecule is CC(N)C(c1ccccc1F)N1CCC(C)(C(N)=O)C1. The van der Waals surface area contributed by atoms with Crippen molar-refractivity contribution in [3.05, 3.63) is 35.6 Å². The van der Waals surface area contributed by atoms with Gasteiger partial charge in [-0.25, -0.2) is 4.39 Å². The van der Waals surface area contributed by atoms with Gasteiger partial charge < -0.3 is 11.5 Å². The van der Waals surface area contributed by atoms with E-state index in [2.05, 4.69) is 4.90 Å². The van der Waals surface area contributed by atoms with Crippen LogP contribution in [0.4, 0.5) is 4.39 Å². The van der Waals surface area contributed by atoms with E-state index >= 15 is 0 Å². The maximum absolute atomic E-state index is 14.0. The minimum Gasteiger partial charge on any atom is -0.369 e. The van der Waals surface area contributed by atoms with Gasteiger partial charge >= 0.3 is 0 Å². The van der Waals surface area contributed by atoms with E-state index in [1.54, 1.807) is 18.2 Å². The van der Waals surface area contributed by atoms with E-state index in [0.29, 0.717) is 25.1 Å². The van der Waals surface area contributed by atoms with Gasteiger partial charge in [0.15, 0.2) is 0 Å². The van der Waals surface area contributed by atoms with Crippen molar-refractivity contribution in [2.45, 2.75) is 32.4 Å². The van der Waals surface area contributed by atoms with E-state index < -0.39 is 5.41 Å². The van der Waals surface area contributed by atoms with Crippen LogP contribution in [-0.4, -0.2) is 29.9 Å². The first-order chi connectivity index (χ1) is 9.35. The monoisotopic (exact) mass is 279 g/mol. The molecular formula is C15H22FN3O. The Balaban J connectivity index is 2.28. The van der Waals surface area contributed by atoms with Crippen LogP contribution in [0, 0.1) is 11.2 Å². The molecule has 4 nitrogen and oxygen atoms in total. The average molecular weight is 279 g/mol. The van der Waals surface area contributed by atoms with Crippen molar-refractivity contribution in [3.8, 4) is 0 Å². The summed E-state index contributed by atoms with van der Waals surface area (Å²) in [5.41, 5.74) is 11.5. The Kier molecular flexibility index (Phi) is 4.11. The fourth-order valence-corrected chi connectivity index (χ4v) is 2.96. The summed E-state index contributed by atoms with van der Waals surface area (Å²) in [5, 5.41) is 0. The number of carbonyl (C=O) groups excluding carboxylic acids is 1. The molecule has 1 aliphatic heterocycles. The van der Waals surface area contributed by atoms with Crippen LogP contribution in [0.3, 0.4) is 0 Å². The van der Waals surface area contributed by atoms with Crippen LogP contribution in [0.1, 0.15) is 31.9 Å². The summed E-state index contributed by atoms with van der Waals surface area (Å²) in [6.45, 7) is 4.93. The van der Waals surface area contributed by atoms with Crippen molar-refractivity contribution in [2.24, 2.45) is 16.9 Å². The third-order valence-corrected chi connectivity index (χ3v) is 4.21. The average Bonchev–Trinajstić information content (AvgIpc) is 2.76. The van der Waals surface area contributed by atoms with E-state index in [1.807, 2.05) is 13.8 Å². The van der Waals surface area contributed by atoms with Gasteiger partial charge in [-0.3, -0.25) is 9.69 Å². The minimum absolute atomic E-state index is 0.234. The summed E-state index contributed by atoms with van der Waals surface area (Å²) in [7, 11) is 0. The highest BCUT2D eigenvalue weighted by atomic mass is 19.1. The van der Waals surface area contributed by atoms with Gasteiger partial charge in [-0.2, -0.15) is 0 Å². The maximum Gasteiger partial charge on any atom is 0.224 e. The molecule has 110 valence electrons. The maximum atomic E-state index is 14.0. The molecule has 3 atom stereocenters. The largest absolute Gasteiger partial charge is 0.369 e. The lowest BCUT2D eigenvalue weighted by molar-refractivity contribution is -0.126. The molecule has 0 bridgehead atoms. The molecule has 0 spiro atoms. The number of primary amides is 1. The van der Waals surface area contributed by atoms with Gasteiger partial charge in [0.05, 0.1) is 11.5 Å². The minimum atomic E-state index is -0.557. The Bertz CT molecular complexity index is 506. The Morgan fingerprint density at radius 3 is 2.60 bits per heavy atom. The molecule has 1 fully saturated rings. The van der Waals surface area contributed by atoms with E-state index in [0.717, 1.165) is 0 Å². The van der Waals surface area contributed by atoms with Gasteiger partial charge in [0.2, 0.25) is 5.91 Å². The molecule has 1 heterocycles. The van der Waals surface area contributed by atoms with Crippen LogP contribution >= 0.6 is 0 Å². The number of likely N-dealkylation sites (tertiary alicyclic amines) is 1. The number of hydrogen-bond acceptors (Lipinski definition) is 3. The van der Waals surface area contributed by atoms with Crippen molar-refractivity contribution in [1.82, 2.24) is 4.90 Å². The molecule has 1 saturated heterocycles. The van der Waals surface area contributed by atoms with Gasteiger partial charge in [-0.15, -0.1) is 0 Å². The number of nitrogens with two attached hydrogens (primary N) is 2. The molecule has 20 heavy (non-hydrogen) atoms. The molecule has 1 aromatic carbocycles. The first-order valence-corrected chi connectivity index (χ1v) is 6.89. The summed E-state index contributed by atoms with van der Waals surface area (Å²) >= 11 is 0. The van der Waals surface area contributed by atoms with Crippen molar-refractivity contribution in [2.75, 3.05) is 13.1 Å². The lowest BCUT2D eigenvalue weighted by Crippen LogP contribution is -2.42. The smallest absolute Gasteiger partial charge is 0.224 e. The number of benzene rings is 1. The van der Waals surface area contributed by atoms with E-state index in [-0.39, 0.29) is 23.8 Å². The number of nitrogens with zero attached hydrogens (tertiary/aromatic N) is 1. The van der Waals surface area contributed by atoms with Crippen LogP contribution in [-0.2, 0) is 4.79 Å². The normalized spacial score (nSPS) is 26.4. The van der Waals surface area contributed by atoms with E-state index in [1.165, 1.54) is 6.07 Å². The molecule has 0 aromatic heterocycles. The molecule has 0 saturated carbocycles. The van der Waals surface area contributed by atoms with Crippen LogP contribution in [0.5, 0.6) is 0 Å². The van der Waals surface area contributed by atoms with E-state index in [4.69, 9.17) is 11.5 Å². The van der Waals surface area contributed by atoms with Crippen LogP contribution in [0.15, 0.2) is 24.3 Å². The predicted molar refractivity (Wildman–Crippen MR) is 76.3 cm³/mol. The second-order valence-electron chi connectivity index (χ2n) is 5.97. The lowest BCUT2D eigenvalue weighted by atomic mass is 9.89. The lowest BCUT2D eigenvalue weighted by Gasteiger charge is -2.32. The number of halogens is 1. The summed E-state index contributed by atoms with van der Waals surface area (Å²) in [4.78, 5) is 13.6. The third kappa shape index (κ3) is 2.69. The number of rotatable bonds is 4.